The van der Waals surface area contributed by atoms with Crippen molar-refractivity contribution in [2.24, 2.45) is 5.92 Å². The molecule has 2 atom stereocenters. The van der Waals surface area contributed by atoms with Crippen molar-refractivity contribution >= 4 is 32.6 Å². The van der Waals surface area contributed by atoms with E-state index in [1.165, 1.54) is 6.26 Å². The average molecular weight is 433 g/mol. The van der Waals surface area contributed by atoms with Crippen molar-refractivity contribution in [1.82, 2.24) is 14.9 Å². The molecule has 2 saturated heterocycles. The van der Waals surface area contributed by atoms with E-state index in [0.717, 1.165) is 43.3 Å². The Morgan fingerprint density at radius 1 is 1.20 bits per heavy atom. The van der Waals surface area contributed by atoms with E-state index in [4.69, 9.17) is 0 Å². The third-order valence-corrected chi connectivity index (χ3v) is 7.31. The van der Waals surface area contributed by atoms with Gasteiger partial charge in [-0.2, -0.15) is 0 Å². The van der Waals surface area contributed by atoms with Gasteiger partial charge in [0, 0.05) is 31.3 Å². The Hall–Kier alpha value is -2.26. The Morgan fingerprint density at radius 2 is 1.97 bits per heavy atom. The maximum atomic E-state index is 13.1. The zero-order valence-electron chi connectivity index (χ0n) is 17.4. The molecule has 9 heteroatoms. The summed E-state index contributed by atoms with van der Waals surface area (Å²) in [6.07, 6.45) is 4.64. The second-order valence-corrected chi connectivity index (χ2v) is 10.4. The van der Waals surface area contributed by atoms with Gasteiger partial charge in [0.25, 0.3) is 0 Å². The highest BCUT2D eigenvalue weighted by molar-refractivity contribution is 7.90. The smallest absolute Gasteiger partial charge is 0.227 e. The largest absolute Gasteiger partial charge is 0.394 e. The minimum absolute atomic E-state index is 0.0117. The van der Waals surface area contributed by atoms with E-state index in [-0.39, 0.29) is 29.4 Å². The van der Waals surface area contributed by atoms with Crippen molar-refractivity contribution in [3.63, 3.8) is 0 Å². The van der Waals surface area contributed by atoms with Gasteiger partial charge in [0.15, 0.2) is 9.84 Å². The monoisotopic (exact) mass is 432 g/mol. The zero-order chi connectivity index (χ0) is 21.5. The number of anilines is 1. The molecule has 0 bridgehead atoms. The van der Waals surface area contributed by atoms with Crippen LogP contribution in [0.25, 0.3) is 10.9 Å². The molecule has 8 nitrogen and oxygen atoms in total. The van der Waals surface area contributed by atoms with E-state index >= 15 is 0 Å². The van der Waals surface area contributed by atoms with Crippen molar-refractivity contribution in [3.05, 3.63) is 23.9 Å². The van der Waals surface area contributed by atoms with E-state index in [1.807, 2.05) is 16.7 Å². The van der Waals surface area contributed by atoms with E-state index in [9.17, 15) is 18.3 Å². The van der Waals surface area contributed by atoms with Gasteiger partial charge in [0.05, 0.1) is 34.7 Å². The van der Waals surface area contributed by atoms with Crippen LogP contribution >= 0.6 is 0 Å². The number of fused-ring (bicyclic) bond motifs is 1. The Balaban J connectivity index is 1.60. The molecule has 1 amide bonds. The lowest BCUT2D eigenvalue weighted by Crippen LogP contribution is -2.47. The van der Waals surface area contributed by atoms with Crippen LogP contribution in [0.3, 0.4) is 0 Å². The number of carbonyl (C=O) groups is 1. The lowest BCUT2D eigenvalue weighted by atomic mass is 9.96. The summed E-state index contributed by atoms with van der Waals surface area (Å²) in [5.41, 5.74) is 1.37. The van der Waals surface area contributed by atoms with Gasteiger partial charge >= 0.3 is 0 Å². The summed E-state index contributed by atoms with van der Waals surface area (Å²) in [6, 6.07) is 4.85. The molecule has 2 fully saturated rings. The first-order valence-corrected chi connectivity index (χ1v) is 12.3. The van der Waals surface area contributed by atoms with Crippen LogP contribution in [0.2, 0.25) is 0 Å². The number of aliphatic hydroxyl groups excluding tert-OH is 1. The molecule has 1 aromatic carbocycles. The number of likely N-dealkylation sites (tertiary alicyclic amines) is 1. The molecule has 1 aromatic heterocycles. The molecule has 2 aromatic rings. The standard InChI is InChI=1S/C21H28N4O4S/c1-14-18-8-7-17(30(2,28)29)11-19(18)23-21(22-14)24-9-3-5-15(12-24)20(27)25-10-4-6-16(25)13-26/h7-8,11,15-16,26H,3-6,9-10,12-13H2,1-2H3/t15?,16-/m0/s1. The summed E-state index contributed by atoms with van der Waals surface area (Å²) in [4.78, 5) is 26.4. The van der Waals surface area contributed by atoms with Crippen LogP contribution in [-0.2, 0) is 14.6 Å². The summed E-state index contributed by atoms with van der Waals surface area (Å²) in [5.74, 6) is 0.490. The number of rotatable bonds is 4. The molecular formula is C21H28N4O4S. The molecule has 3 heterocycles. The minimum Gasteiger partial charge on any atom is -0.394 e. The second kappa shape index (κ2) is 8.11. The van der Waals surface area contributed by atoms with Crippen LogP contribution in [0.5, 0.6) is 0 Å². The molecule has 0 saturated carbocycles. The predicted molar refractivity (Wildman–Crippen MR) is 114 cm³/mol. The van der Waals surface area contributed by atoms with Crippen molar-refractivity contribution in [2.45, 2.75) is 43.5 Å². The summed E-state index contributed by atoms with van der Waals surface area (Å²) in [6.45, 7) is 3.89. The van der Waals surface area contributed by atoms with Crippen molar-refractivity contribution in [1.29, 1.82) is 0 Å². The third-order valence-electron chi connectivity index (χ3n) is 6.20. The molecule has 0 aliphatic carbocycles. The number of aliphatic hydroxyl groups is 1. The number of piperidine rings is 1. The highest BCUT2D eigenvalue weighted by atomic mass is 32.2. The molecule has 30 heavy (non-hydrogen) atoms. The lowest BCUT2D eigenvalue weighted by Gasteiger charge is -2.35. The first-order valence-electron chi connectivity index (χ1n) is 10.4. The fraction of sp³-hybridized carbons (Fsp3) is 0.571. The van der Waals surface area contributed by atoms with Gasteiger partial charge in [-0.15, -0.1) is 0 Å². The van der Waals surface area contributed by atoms with Crippen molar-refractivity contribution in [3.8, 4) is 0 Å². The normalized spacial score (nSPS) is 22.6. The topological polar surface area (TPSA) is 104 Å². The third kappa shape index (κ3) is 4.00. The number of amides is 1. The molecule has 2 aliphatic heterocycles. The first-order chi connectivity index (χ1) is 14.3. The Labute approximate surface area is 176 Å². The molecular weight excluding hydrogens is 404 g/mol. The summed E-state index contributed by atoms with van der Waals surface area (Å²) in [7, 11) is -3.33. The van der Waals surface area contributed by atoms with Gasteiger partial charge in [-0.3, -0.25) is 4.79 Å². The van der Waals surface area contributed by atoms with Crippen LogP contribution < -0.4 is 4.90 Å². The van der Waals surface area contributed by atoms with Gasteiger partial charge in [-0.25, -0.2) is 18.4 Å². The molecule has 1 N–H and O–H groups in total. The number of nitrogens with zero attached hydrogens (tertiary/aromatic N) is 4. The highest BCUT2D eigenvalue weighted by Gasteiger charge is 2.35. The van der Waals surface area contributed by atoms with E-state index in [0.29, 0.717) is 24.6 Å². The summed E-state index contributed by atoms with van der Waals surface area (Å²) >= 11 is 0. The molecule has 2 aliphatic rings. The van der Waals surface area contributed by atoms with Crippen molar-refractivity contribution < 1.29 is 18.3 Å². The molecule has 0 spiro atoms. The number of aromatic nitrogens is 2. The molecule has 0 radical (unpaired) electrons. The SMILES string of the molecule is Cc1nc(N2CCCC(C(=O)N3CCC[C@H]3CO)C2)nc2cc(S(C)(=O)=O)ccc12. The van der Waals surface area contributed by atoms with Crippen LogP contribution in [0.15, 0.2) is 23.1 Å². The van der Waals surface area contributed by atoms with Gasteiger partial charge in [-0.1, -0.05) is 0 Å². The second-order valence-electron chi connectivity index (χ2n) is 8.36. The molecule has 1 unspecified atom stereocenters. The first kappa shape index (κ1) is 21.0. The highest BCUT2D eigenvalue weighted by Crippen LogP contribution is 2.28. The number of carbonyl (C=O) groups excluding carboxylic acids is 1. The number of benzene rings is 1. The fourth-order valence-corrected chi connectivity index (χ4v) is 5.18. The number of aryl methyl sites for hydroxylation is 1. The summed E-state index contributed by atoms with van der Waals surface area (Å²) < 4.78 is 23.9. The number of hydrogen-bond donors (Lipinski definition) is 1. The quantitative estimate of drug-likeness (QED) is 0.782. The predicted octanol–water partition coefficient (Wildman–Crippen LogP) is 1.54. The average Bonchev–Trinajstić information content (AvgIpc) is 3.21. The van der Waals surface area contributed by atoms with E-state index < -0.39 is 9.84 Å². The molecule has 4 rings (SSSR count). The van der Waals surface area contributed by atoms with E-state index in [2.05, 4.69) is 9.97 Å². The van der Waals surface area contributed by atoms with Gasteiger partial charge in [0.2, 0.25) is 11.9 Å². The fourth-order valence-electron chi connectivity index (χ4n) is 4.54. The maximum Gasteiger partial charge on any atom is 0.227 e. The van der Waals surface area contributed by atoms with Crippen molar-refractivity contribution in [2.75, 3.05) is 37.4 Å². The van der Waals surface area contributed by atoms with Crippen LogP contribution in [0.1, 0.15) is 31.4 Å². The van der Waals surface area contributed by atoms with Gasteiger partial charge in [-0.05, 0) is 50.8 Å². The number of sulfone groups is 1. The van der Waals surface area contributed by atoms with Crippen LogP contribution in [0.4, 0.5) is 5.95 Å². The number of hydrogen-bond acceptors (Lipinski definition) is 7. The van der Waals surface area contributed by atoms with E-state index in [1.54, 1.807) is 18.2 Å². The Bertz CT molecular complexity index is 1070. The zero-order valence-corrected chi connectivity index (χ0v) is 18.2. The van der Waals surface area contributed by atoms with Crippen LogP contribution in [0, 0.1) is 12.8 Å². The minimum atomic E-state index is -3.33. The maximum absolute atomic E-state index is 13.1. The summed E-state index contributed by atoms with van der Waals surface area (Å²) in [5, 5.41) is 10.4. The Morgan fingerprint density at radius 3 is 2.70 bits per heavy atom. The molecule has 162 valence electrons. The Kier molecular flexibility index (Phi) is 5.67. The van der Waals surface area contributed by atoms with Gasteiger partial charge < -0.3 is 14.9 Å². The van der Waals surface area contributed by atoms with Gasteiger partial charge in [0.1, 0.15) is 0 Å². The van der Waals surface area contributed by atoms with Crippen LogP contribution in [-0.4, -0.2) is 72.8 Å². The lowest BCUT2D eigenvalue weighted by molar-refractivity contribution is -0.137.